The number of rotatable bonds is 5. The first kappa shape index (κ1) is 19.7. The van der Waals surface area contributed by atoms with Crippen LogP contribution < -0.4 is 0 Å². The van der Waals surface area contributed by atoms with Crippen LogP contribution in [-0.4, -0.2) is 42.0 Å². The molecule has 0 aliphatic carbocycles. The second kappa shape index (κ2) is 8.15. The van der Waals surface area contributed by atoms with Gasteiger partial charge in [-0.25, -0.2) is 4.79 Å². The third kappa shape index (κ3) is 4.92. The first-order valence-electron chi connectivity index (χ1n) is 7.89. The van der Waals surface area contributed by atoms with E-state index in [9.17, 15) is 4.79 Å². The van der Waals surface area contributed by atoms with Crippen LogP contribution in [0.4, 0.5) is 0 Å². The minimum atomic E-state index is -0.340. The predicted molar refractivity (Wildman–Crippen MR) is 110 cm³/mol. The second-order valence-corrected chi connectivity index (χ2v) is 8.71. The molecule has 0 spiro atoms. The summed E-state index contributed by atoms with van der Waals surface area (Å²) in [7, 11) is 5.18. The number of benzene rings is 1. The molecular weight excluding hydrogens is 352 g/mol. The number of esters is 1. The Hall–Kier alpha value is -1.66. The van der Waals surface area contributed by atoms with E-state index in [0.29, 0.717) is 5.57 Å². The second-order valence-electron chi connectivity index (χ2n) is 6.41. The van der Waals surface area contributed by atoms with Gasteiger partial charge in [-0.15, -0.1) is 0 Å². The van der Waals surface area contributed by atoms with Crippen molar-refractivity contribution in [2.24, 2.45) is 4.99 Å². The maximum Gasteiger partial charge on any atom is 0.339 e. The van der Waals surface area contributed by atoms with Gasteiger partial charge in [-0.05, 0) is 25.0 Å². The fourth-order valence-electron chi connectivity index (χ4n) is 2.25. The Bertz CT molecular complexity index is 737. The molecule has 0 radical (unpaired) electrons. The van der Waals surface area contributed by atoms with Crippen molar-refractivity contribution in [2.45, 2.75) is 25.1 Å². The third-order valence-electron chi connectivity index (χ3n) is 3.71. The van der Waals surface area contributed by atoms with E-state index in [1.807, 2.05) is 43.3 Å². The average Bonchev–Trinajstić information content (AvgIpc) is 2.82. The molecule has 4 nitrogen and oxygen atoms in total. The number of hydrogen-bond donors (Lipinski definition) is 0. The van der Waals surface area contributed by atoms with Gasteiger partial charge in [-0.1, -0.05) is 54.4 Å². The molecule has 0 fully saturated rings. The summed E-state index contributed by atoms with van der Waals surface area (Å²) in [6.45, 7) is 8.22. The summed E-state index contributed by atoms with van der Waals surface area (Å²) in [4.78, 5) is 19.9. The minimum Gasteiger partial charge on any atom is -0.465 e. The lowest BCUT2D eigenvalue weighted by atomic mass is 10.0. The fraction of sp³-hybridized carbons (Fsp3) is 0.368. The zero-order valence-electron chi connectivity index (χ0n) is 15.3. The number of thioether (sulfide) groups is 2. The molecule has 0 amide bonds. The van der Waals surface area contributed by atoms with Gasteiger partial charge in [-0.2, -0.15) is 0 Å². The monoisotopic (exact) mass is 376 g/mol. The van der Waals surface area contributed by atoms with Crippen LogP contribution in [0, 0.1) is 0 Å². The molecule has 1 aliphatic heterocycles. The average molecular weight is 377 g/mol. The number of carbonyl (C=O) groups excluding carboxylic acids is 1. The van der Waals surface area contributed by atoms with E-state index in [4.69, 9.17) is 9.73 Å². The largest absolute Gasteiger partial charge is 0.465 e. The van der Waals surface area contributed by atoms with E-state index in [1.54, 1.807) is 29.7 Å². The van der Waals surface area contributed by atoms with Crippen LogP contribution in [0.25, 0.3) is 5.57 Å². The fourth-order valence-corrected chi connectivity index (χ4v) is 4.57. The van der Waals surface area contributed by atoms with E-state index < -0.39 is 0 Å². The number of nitrogens with zero attached hydrogens (tertiary/aromatic N) is 2. The Kier molecular flexibility index (Phi) is 6.41. The molecule has 1 aromatic carbocycles. The summed E-state index contributed by atoms with van der Waals surface area (Å²) < 4.78 is 5.98. The van der Waals surface area contributed by atoms with Crippen molar-refractivity contribution in [1.29, 1.82) is 0 Å². The van der Waals surface area contributed by atoms with Gasteiger partial charge in [0.15, 0.2) is 0 Å². The highest BCUT2D eigenvalue weighted by atomic mass is 32.2. The minimum absolute atomic E-state index is 0.214. The van der Waals surface area contributed by atoms with Gasteiger partial charge >= 0.3 is 5.97 Å². The quantitative estimate of drug-likeness (QED) is 0.563. The number of methoxy groups -OCH3 is 1. The van der Waals surface area contributed by atoms with Crippen LogP contribution in [0.15, 0.2) is 46.9 Å². The van der Waals surface area contributed by atoms with Crippen molar-refractivity contribution in [2.75, 3.05) is 21.2 Å². The van der Waals surface area contributed by atoms with Crippen LogP contribution in [0.5, 0.6) is 0 Å². The van der Waals surface area contributed by atoms with Gasteiger partial charge < -0.3 is 9.64 Å². The topological polar surface area (TPSA) is 41.9 Å². The van der Waals surface area contributed by atoms with E-state index in [0.717, 1.165) is 26.2 Å². The van der Waals surface area contributed by atoms with Crippen LogP contribution >= 0.6 is 23.5 Å². The highest BCUT2D eigenvalue weighted by molar-refractivity contribution is 8.40. The highest BCUT2D eigenvalue weighted by Gasteiger charge is 2.30. The van der Waals surface area contributed by atoms with Gasteiger partial charge in [0, 0.05) is 31.0 Å². The van der Waals surface area contributed by atoms with Gasteiger partial charge in [0.25, 0.3) is 0 Å². The summed E-state index contributed by atoms with van der Waals surface area (Å²) in [5, 5.41) is 0. The number of carbonyl (C=O) groups is 1. The van der Waals surface area contributed by atoms with E-state index in [1.165, 1.54) is 7.11 Å². The Morgan fingerprint density at radius 1 is 1.40 bits per heavy atom. The van der Waals surface area contributed by atoms with Gasteiger partial charge in [0.2, 0.25) is 0 Å². The first-order valence-corrected chi connectivity index (χ1v) is 9.69. The van der Waals surface area contributed by atoms with Crippen LogP contribution in [0.3, 0.4) is 0 Å². The molecule has 0 bridgehead atoms. The smallest absolute Gasteiger partial charge is 0.339 e. The Labute approximate surface area is 158 Å². The molecule has 134 valence electrons. The van der Waals surface area contributed by atoms with Crippen molar-refractivity contribution in [3.05, 3.63) is 53.1 Å². The highest BCUT2D eigenvalue weighted by Crippen LogP contribution is 2.42. The Balaban J connectivity index is 2.26. The zero-order valence-corrected chi connectivity index (χ0v) is 17.0. The SMILES string of the molecule is C=C1SC(SCc2ccccc2/C(=C\N(C)C)C(=O)OC)=NC1(C)C. The molecule has 0 N–H and O–H groups in total. The maximum atomic E-state index is 12.2. The number of hydrogen-bond acceptors (Lipinski definition) is 6. The molecule has 0 atom stereocenters. The summed E-state index contributed by atoms with van der Waals surface area (Å²) in [5.74, 6) is 0.390. The standard InChI is InChI=1S/C19H24N2O2S2/c1-13-19(2,3)20-18(25-13)24-12-14-9-7-8-10-15(14)16(11-21(4)5)17(22)23-6/h7-11H,1,12H2,2-6H3/b16-11+. The van der Waals surface area contributed by atoms with Crippen molar-refractivity contribution in [3.63, 3.8) is 0 Å². The molecule has 1 aliphatic rings. The number of aliphatic imine (C=N–C) groups is 1. The Morgan fingerprint density at radius 3 is 2.64 bits per heavy atom. The molecule has 1 aromatic rings. The molecule has 0 unspecified atom stereocenters. The first-order chi connectivity index (χ1) is 11.7. The molecular formula is C19H24N2O2S2. The lowest BCUT2D eigenvalue weighted by Gasteiger charge is -2.14. The van der Waals surface area contributed by atoms with Gasteiger partial charge in [-0.3, -0.25) is 4.99 Å². The summed E-state index contributed by atoms with van der Waals surface area (Å²) in [6.07, 6.45) is 1.79. The molecule has 0 saturated heterocycles. The summed E-state index contributed by atoms with van der Waals surface area (Å²) in [5.41, 5.74) is 2.30. The molecule has 2 rings (SSSR count). The van der Waals surface area contributed by atoms with E-state index in [2.05, 4.69) is 20.4 Å². The zero-order chi connectivity index (χ0) is 18.6. The summed E-state index contributed by atoms with van der Waals surface area (Å²) >= 11 is 3.30. The lowest BCUT2D eigenvalue weighted by molar-refractivity contribution is -0.133. The molecule has 6 heteroatoms. The van der Waals surface area contributed by atoms with Crippen LogP contribution in [0.2, 0.25) is 0 Å². The van der Waals surface area contributed by atoms with Crippen LogP contribution in [0.1, 0.15) is 25.0 Å². The van der Waals surface area contributed by atoms with Crippen molar-refractivity contribution >= 4 is 39.4 Å². The van der Waals surface area contributed by atoms with Gasteiger partial charge in [0.1, 0.15) is 4.38 Å². The predicted octanol–water partition coefficient (Wildman–Crippen LogP) is 4.39. The van der Waals surface area contributed by atoms with Crippen LogP contribution in [-0.2, 0) is 15.3 Å². The van der Waals surface area contributed by atoms with E-state index >= 15 is 0 Å². The third-order valence-corrected chi connectivity index (χ3v) is 6.12. The molecule has 0 aromatic heterocycles. The van der Waals surface area contributed by atoms with Gasteiger partial charge in [0.05, 0.1) is 18.2 Å². The van der Waals surface area contributed by atoms with Crippen molar-refractivity contribution < 1.29 is 9.53 Å². The maximum absolute atomic E-state index is 12.2. The molecule has 1 heterocycles. The Morgan fingerprint density at radius 2 is 2.08 bits per heavy atom. The molecule has 0 saturated carbocycles. The van der Waals surface area contributed by atoms with E-state index in [-0.39, 0.29) is 11.5 Å². The summed E-state index contributed by atoms with van der Waals surface area (Å²) in [6, 6.07) is 7.91. The number of ether oxygens (including phenoxy) is 1. The van der Waals surface area contributed by atoms with Crippen molar-refractivity contribution in [1.82, 2.24) is 4.90 Å². The van der Waals surface area contributed by atoms with Crippen molar-refractivity contribution in [3.8, 4) is 0 Å². The lowest BCUT2D eigenvalue weighted by Crippen LogP contribution is -2.12. The normalized spacial score (nSPS) is 16.6. The molecule has 25 heavy (non-hydrogen) atoms.